The fourth-order valence-corrected chi connectivity index (χ4v) is 1.74. The summed E-state index contributed by atoms with van der Waals surface area (Å²) in [6, 6.07) is 0. The van der Waals surface area contributed by atoms with Crippen molar-refractivity contribution in [2.75, 3.05) is 33.0 Å². The summed E-state index contributed by atoms with van der Waals surface area (Å²) in [6.45, 7) is 6.25. The van der Waals surface area contributed by atoms with Crippen LogP contribution in [0.25, 0.3) is 0 Å². The minimum absolute atomic E-state index is 0.313. The molecule has 2 aliphatic heterocycles. The molecule has 0 amide bonds. The van der Waals surface area contributed by atoms with E-state index >= 15 is 0 Å². The monoisotopic (exact) mass is 216 g/mol. The molecular weight excluding hydrogens is 192 g/mol. The summed E-state index contributed by atoms with van der Waals surface area (Å²) in [5.74, 6) is 0. The van der Waals surface area contributed by atoms with Gasteiger partial charge in [-0.15, -0.1) is 0 Å². The Labute approximate surface area is 92.8 Å². The van der Waals surface area contributed by atoms with Gasteiger partial charge in [-0.1, -0.05) is 19.8 Å². The van der Waals surface area contributed by atoms with Crippen molar-refractivity contribution in [1.29, 1.82) is 0 Å². The minimum atomic E-state index is 0.313. The minimum Gasteiger partial charge on any atom is -0.396 e. The summed E-state index contributed by atoms with van der Waals surface area (Å²) in [7, 11) is 0. The van der Waals surface area contributed by atoms with Crippen molar-refractivity contribution in [2.24, 2.45) is 5.41 Å². The molecule has 2 saturated heterocycles. The van der Waals surface area contributed by atoms with Crippen LogP contribution >= 0.6 is 0 Å². The average molecular weight is 216 g/mol. The summed E-state index contributed by atoms with van der Waals surface area (Å²) < 4.78 is 9.90. The second-order valence-electron chi connectivity index (χ2n) is 4.54. The third-order valence-corrected chi connectivity index (χ3v) is 3.10. The lowest BCUT2D eigenvalue weighted by Crippen LogP contribution is -2.43. The molecule has 0 saturated carbocycles. The first-order valence-electron chi connectivity index (χ1n) is 6.09. The van der Waals surface area contributed by atoms with Crippen LogP contribution in [0.4, 0.5) is 0 Å². The van der Waals surface area contributed by atoms with Crippen LogP contribution in [-0.2, 0) is 9.47 Å². The van der Waals surface area contributed by atoms with E-state index in [1.165, 1.54) is 25.7 Å². The molecule has 0 radical (unpaired) electrons. The summed E-state index contributed by atoms with van der Waals surface area (Å²) >= 11 is 0. The Bertz CT molecular complexity index is 147. The Morgan fingerprint density at radius 3 is 2.00 bits per heavy atom. The van der Waals surface area contributed by atoms with Gasteiger partial charge in [0.1, 0.15) is 0 Å². The first kappa shape index (κ1) is 12.9. The first-order chi connectivity index (χ1) is 7.33. The van der Waals surface area contributed by atoms with Crippen molar-refractivity contribution in [3.63, 3.8) is 0 Å². The molecule has 0 aromatic heterocycles. The normalized spacial score (nSPS) is 22.0. The smallest absolute Gasteiger partial charge is 0.0545 e. The Balaban J connectivity index is 0.000000234. The maximum Gasteiger partial charge on any atom is 0.0545 e. The third-order valence-electron chi connectivity index (χ3n) is 3.10. The molecule has 2 fully saturated rings. The van der Waals surface area contributed by atoms with Gasteiger partial charge in [-0.3, -0.25) is 0 Å². The number of aliphatic hydroxyl groups excluding tert-OH is 1. The summed E-state index contributed by atoms with van der Waals surface area (Å²) in [5.41, 5.74) is 0.352. The molecule has 0 spiro atoms. The van der Waals surface area contributed by atoms with E-state index in [9.17, 15) is 0 Å². The zero-order chi connectivity index (χ0) is 11.0. The van der Waals surface area contributed by atoms with Gasteiger partial charge in [0, 0.05) is 25.2 Å². The molecular formula is C12H24O3. The summed E-state index contributed by atoms with van der Waals surface area (Å²) in [5, 5.41) is 8.81. The van der Waals surface area contributed by atoms with E-state index in [1.54, 1.807) is 0 Å². The highest BCUT2D eigenvalue weighted by Gasteiger charge is 2.36. The maximum absolute atomic E-state index is 8.81. The predicted octanol–water partition coefficient (Wildman–Crippen LogP) is 1.98. The van der Waals surface area contributed by atoms with Crippen LogP contribution in [0.5, 0.6) is 0 Å². The number of hydrogen-bond donors (Lipinski definition) is 1. The zero-order valence-electron chi connectivity index (χ0n) is 9.83. The second kappa shape index (κ2) is 7.20. The molecule has 2 rings (SSSR count). The van der Waals surface area contributed by atoms with Gasteiger partial charge in [-0.25, -0.2) is 0 Å². The lowest BCUT2D eigenvalue weighted by molar-refractivity contribution is -0.127. The van der Waals surface area contributed by atoms with Gasteiger partial charge in [0.05, 0.1) is 13.2 Å². The highest BCUT2D eigenvalue weighted by Crippen LogP contribution is 2.36. The van der Waals surface area contributed by atoms with Crippen LogP contribution in [0, 0.1) is 5.41 Å². The second-order valence-corrected chi connectivity index (χ2v) is 4.54. The number of hydrogen-bond acceptors (Lipinski definition) is 3. The molecule has 0 aliphatic carbocycles. The van der Waals surface area contributed by atoms with Gasteiger partial charge in [0.25, 0.3) is 0 Å². The molecule has 2 aliphatic rings. The van der Waals surface area contributed by atoms with Gasteiger partial charge >= 0.3 is 0 Å². The molecule has 1 N–H and O–H groups in total. The lowest BCUT2D eigenvalue weighted by Gasteiger charge is -2.41. The quantitative estimate of drug-likeness (QED) is 0.763. The molecule has 3 heteroatoms. The van der Waals surface area contributed by atoms with Crippen LogP contribution < -0.4 is 0 Å². The highest BCUT2D eigenvalue weighted by atomic mass is 16.5. The predicted molar refractivity (Wildman–Crippen MR) is 59.9 cm³/mol. The van der Waals surface area contributed by atoms with E-state index in [-0.39, 0.29) is 0 Å². The van der Waals surface area contributed by atoms with Crippen LogP contribution in [0.1, 0.15) is 39.0 Å². The lowest BCUT2D eigenvalue weighted by atomic mass is 9.78. The molecule has 15 heavy (non-hydrogen) atoms. The highest BCUT2D eigenvalue weighted by molar-refractivity contribution is 4.84. The Hall–Kier alpha value is -0.120. The SMILES string of the molecule is C1COC1.CCCCC1(CCO)COC1. The molecule has 0 unspecified atom stereocenters. The number of aliphatic hydroxyl groups is 1. The van der Waals surface area contributed by atoms with Crippen molar-refractivity contribution in [2.45, 2.75) is 39.0 Å². The van der Waals surface area contributed by atoms with Gasteiger partial charge in [0.15, 0.2) is 0 Å². The first-order valence-corrected chi connectivity index (χ1v) is 6.09. The van der Waals surface area contributed by atoms with E-state index < -0.39 is 0 Å². The molecule has 0 aromatic rings. The van der Waals surface area contributed by atoms with Gasteiger partial charge in [-0.05, 0) is 19.3 Å². The molecule has 3 nitrogen and oxygen atoms in total. The van der Waals surface area contributed by atoms with Gasteiger partial charge in [-0.2, -0.15) is 0 Å². The Kier molecular flexibility index (Phi) is 6.22. The average Bonchev–Trinajstić information content (AvgIpc) is 2.06. The number of rotatable bonds is 5. The van der Waals surface area contributed by atoms with Crippen LogP contribution in [-0.4, -0.2) is 38.1 Å². The largest absolute Gasteiger partial charge is 0.396 e. The van der Waals surface area contributed by atoms with Crippen molar-refractivity contribution in [3.05, 3.63) is 0 Å². The van der Waals surface area contributed by atoms with Crippen molar-refractivity contribution in [3.8, 4) is 0 Å². The van der Waals surface area contributed by atoms with Crippen LogP contribution in [0.2, 0.25) is 0 Å². The summed E-state index contributed by atoms with van der Waals surface area (Å²) in [4.78, 5) is 0. The molecule has 2 heterocycles. The van der Waals surface area contributed by atoms with E-state index in [0.717, 1.165) is 32.8 Å². The fraction of sp³-hybridized carbons (Fsp3) is 1.00. The summed E-state index contributed by atoms with van der Waals surface area (Å²) in [6.07, 6.45) is 5.94. The topological polar surface area (TPSA) is 38.7 Å². The van der Waals surface area contributed by atoms with E-state index in [4.69, 9.17) is 14.6 Å². The molecule has 0 atom stereocenters. The van der Waals surface area contributed by atoms with E-state index in [1.807, 2.05) is 0 Å². The fourth-order valence-electron chi connectivity index (χ4n) is 1.74. The van der Waals surface area contributed by atoms with Gasteiger partial charge < -0.3 is 14.6 Å². The Morgan fingerprint density at radius 2 is 1.73 bits per heavy atom. The number of unbranched alkanes of at least 4 members (excludes halogenated alkanes) is 1. The Morgan fingerprint density at radius 1 is 1.13 bits per heavy atom. The van der Waals surface area contributed by atoms with Crippen molar-refractivity contribution in [1.82, 2.24) is 0 Å². The molecule has 0 bridgehead atoms. The maximum atomic E-state index is 8.81. The van der Waals surface area contributed by atoms with Crippen LogP contribution in [0.15, 0.2) is 0 Å². The molecule has 90 valence electrons. The van der Waals surface area contributed by atoms with E-state index in [0.29, 0.717) is 12.0 Å². The standard InChI is InChI=1S/C9H18O2.C3H6O/c1-2-3-4-9(5-6-10)7-11-8-9;1-2-4-3-1/h10H,2-8H2,1H3;1-3H2. The van der Waals surface area contributed by atoms with Gasteiger partial charge in [0.2, 0.25) is 0 Å². The van der Waals surface area contributed by atoms with Crippen molar-refractivity contribution < 1.29 is 14.6 Å². The third kappa shape index (κ3) is 4.49. The number of ether oxygens (including phenoxy) is 2. The van der Waals surface area contributed by atoms with Crippen molar-refractivity contribution >= 4 is 0 Å². The zero-order valence-corrected chi connectivity index (χ0v) is 9.83. The molecule has 0 aromatic carbocycles. The van der Waals surface area contributed by atoms with E-state index in [2.05, 4.69) is 6.92 Å². The van der Waals surface area contributed by atoms with Crippen LogP contribution in [0.3, 0.4) is 0 Å².